The van der Waals surface area contributed by atoms with E-state index < -0.39 is 5.91 Å². The molecule has 0 unspecified atom stereocenters. The van der Waals surface area contributed by atoms with Gasteiger partial charge < -0.3 is 5.11 Å². The Kier molecular flexibility index (Phi) is 4.69. The van der Waals surface area contributed by atoms with Crippen molar-refractivity contribution in [1.82, 2.24) is 5.43 Å². The van der Waals surface area contributed by atoms with E-state index in [1.54, 1.807) is 42.5 Å². The molecule has 4 nitrogen and oxygen atoms in total. The molecule has 2 N–H and O–H groups in total. The van der Waals surface area contributed by atoms with Crippen molar-refractivity contribution in [3.05, 3.63) is 75.8 Å². The molecule has 0 aromatic heterocycles. The number of halogens is 2. The molecule has 0 saturated carbocycles. The molecule has 3 aromatic carbocycles. The molecule has 0 atom stereocenters. The lowest BCUT2D eigenvalue weighted by molar-refractivity contribution is 0.0952. The van der Waals surface area contributed by atoms with Gasteiger partial charge in [-0.1, -0.05) is 59.6 Å². The summed E-state index contributed by atoms with van der Waals surface area (Å²) in [6.45, 7) is 0. The standard InChI is InChI=1S/C18H12Cl2N2O2/c19-15-6-3-7-16(20)14(15)10-21-22-18(24)13-9-8-11-4-1-2-5-12(11)17(13)23/h1-10,23H,(H,22,24)/b21-10-. The number of hydrogen-bond donors (Lipinski definition) is 2. The monoisotopic (exact) mass is 358 g/mol. The highest BCUT2D eigenvalue weighted by Gasteiger charge is 2.13. The molecular weight excluding hydrogens is 347 g/mol. The molecule has 0 spiro atoms. The third-order valence-corrected chi connectivity index (χ3v) is 4.16. The van der Waals surface area contributed by atoms with E-state index in [9.17, 15) is 9.90 Å². The first-order chi connectivity index (χ1) is 11.6. The molecular formula is C18H12Cl2N2O2. The number of rotatable bonds is 3. The molecule has 0 fully saturated rings. The van der Waals surface area contributed by atoms with Crippen LogP contribution in [0.2, 0.25) is 10.0 Å². The Balaban J connectivity index is 1.83. The lowest BCUT2D eigenvalue weighted by Gasteiger charge is -2.06. The zero-order valence-electron chi connectivity index (χ0n) is 12.3. The number of fused-ring (bicyclic) bond motifs is 1. The van der Waals surface area contributed by atoms with Crippen LogP contribution in [-0.2, 0) is 0 Å². The second-order valence-electron chi connectivity index (χ2n) is 5.02. The topological polar surface area (TPSA) is 61.7 Å². The predicted octanol–water partition coefficient (Wildman–Crippen LogP) is 4.62. The van der Waals surface area contributed by atoms with Crippen LogP contribution in [0.25, 0.3) is 10.8 Å². The fourth-order valence-electron chi connectivity index (χ4n) is 2.29. The van der Waals surface area contributed by atoms with Gasteiger partial charge in [0.05, 0.1) is 21.8 Å². The van der Waals surface area contributed by atoms with Gasteiger partial charge in [-0.15, -0.1) is 0 Å². The van der Waals surface area contributed by atoms with E-state index >= 15 is 0 Å². The van der Waals surface area contributed by atoms with E-state index in [0.29, 0.717) is 21.0 Å². The van der Waals surface area contributed by atoms with Gasteiger partial charge in [-0.05, 0) is 23.6 Å². The zero-order valence-corrected chi connectivity index (χ0v) is 13.8. The van der Waals surface area contributed by atoms with Gasteiger partial charge >= 0.3 is 0 Å². The maximum absolute atomic E-state index is 12.2. The SMILES string of the molecule is O=C(N/N=C\c1c(Cl)cccc1Cl)c1ccc2ccccc2c1O. The second-order valence-corrected chi connectivity index (χ2v) is 5.83. The first kappa shape index (κ1) is 16.3. The number of phenolic OH excluding ortho intramolecular Hbond substituents is 1. The maximum atomic E-state index is 12.2. The third kappa shape index (κ3) is 3.20. The van der Waals surface area contributed by atoms with Crippen molar-refractivity contribution in [3.63, 3.8) is 0 Å². The van der Waals surface area contributed by atoms with Crippen LogP contribution in [0.1, 0.15) is 15.9 Å². The van der Waals surface area contributed by atoms with Crippen molar-refractivity contribution >= 4 is 46.1 Å². The summed E-state index contributed by atoms with van der Waals surface area (Å²) < 4.78 is 0. The Hall–Kier alpha value is -2.56. The summed E-state index contributed by atoms with van der Waals surface area (Å²) in [7, 11) is 0. The van der Waals surface area contributed by atoms with E-state index in [-0.39, 0.29) is 11.3 Å². The molecule has 1 amide bonds. The van der Waals surface area contributed by atoms with E-state index in [1.807, 2.05) is 12.1 Å². The Morgan fingerprint density at radius 3 is 2.46 bits per heavy atom. The smallest absolute Gasteiger partial charge is 0.275 e. The number of nitrogens with one attached hydrogen (secondary N) is 1. The fourth-order valence-corrected chi connectivity index (χ4v) is 2.78. The number of amides is 1. The predicted molar refractivity (Wildman–Crippen MR) is 97.1 cm³/mol. The number of benzene rings is 3. The number of aromatic hydroxyl groups is 1. The highest BCUT2D eigenvalue weighted by Crippen LogP contribution is 2.28. The molecule has 3 rings (SSSR count). The van der Waals surface area contributed by atoms with Gasteiger partial charge in [0.1, 0.15) is 5.75 Å². The van der Waals surface area contributed by atoms with E-state index in [1.165, 1.54) is 6.21 Å². The average Bonchev–Trinajstić information content (AvgIpc) is 2.58. The van der Waals surface area contributed by atoms with E-state index in [4.69, 9.17) is 23.2 Å². The molecule has 0 heterocycles. The minimum atomic E-state index is -0.530. The highest BCUT2D eigenvalue weighted by molar-refractivity contribution is 6.38. The fraction of sp³-hybridized carbons (Fsp3) is 0. The van der Waals surface area contributed by atoms with Crippen LogP contribution in [0.5, 0.6) is 5.75 Å². The molecule has 0 radical (unpaired) electrons. The summed E-state index contributed by atoms with van der Waals surface area (Å²) in [6.07, 6.45) is 1.36. The molecule has 120 valence electrons. The molecule has 3 aromatic rings. The van der Waals surface area contributed by atoms with Crippen molar-refractivity contribution in [3.8, 4) is 5.75 Å². The van der Waals surface area contributed by atoms with Crippen LogP contribution in [0.15, 0.2) is 59.7 Å². The van der Waals surface area contributed by atoms with Gasteiger partial charge in [0.15, 0.2) is 0 Å². The normalized spacial score (nSPS) is 11.1. The number of phenols is 1. The summed E-state index contributed by atoms with van der Waals surface area (Å²) in [5, 5.41) is 16.4. The Labute approximate surface area is 148 Å². The second kappa shape index (κ2) is 6.91. The molecule has 0 bridgehead atoms. The van der Waals surface area contributed by atoms with Crippen LogP contribution in [0, 0.1) is 0 Å². The Morgan fingerprint density at radius 1 is 1.00 bits per heavy atom. The van der Waals surface area contributed by atoms with Crippen LogP contribution >= 0.6 is 23.2 Å². The van der Waals surface area contributed by atoms with Gasteiger partial charge in [-0.3, -0.25) is 4.79 Å². The third-order valence-electron chi connectivity index (χ3n) is 3.50. The summed E-state index contributed by atoms with van der Waals surface area (Å²) in [5.74, 6) is -0.616. The van der Waals surface area contributed by atoms with Crippen molar-refractivity contribution in [2.45, 2.75) is 0 Å². The van der Waals surface area contributed by atoms with Crippen LogP contribution in [0.4, 0.5) is 0 Å². The lowest BCUT2D eigenvalue weighted by atomic mass is 10.1. The van der Waals surface area contributed by atoms with E-state index in [0.717, 1.165) is 5.39 Å². The van der Waals surface area contributed by atoms with E-state index in [2.05, 4.69) is 10.5 Å². The van der Waals surface area contributed by atoms with Crippen molar-refractivity contribution in [1.29, 1.82) is 0 Å². The van der Waals surface area contributed by atoms with Gasteiger partial charge in [0, 0.05) is 10.9 Å². The molecule has 0 aliphatic rings. The quantitative estimate of drug-likeness (QED) is 0.530. The van der Waals surface area contributed by atoms with Crippen LogP contribution in [0.3, 0.4) is 0 Å². The lowest BCUT2D eigenvalue weighted by Crippen LogP contribution is -2.17. The summed E-state index contributed by atoms with van der Waals surface area (Å²) in [6, 6.07) is 15.6. The molecule has 6 heteroatoms. The highest BCUT2D eigenvalue weighted by atomic mass is 35.5. The summed E-state index contributed by atoms with van der Waals surface area (Å²) >= 11 is 12.0. The molecule has 24 heavy (non-hydrogen) atoms. The van der Waals surface area contributed by atoms with Gasteiger partial charge in [-0.25, -0.2) is 5.43 Å². The first-order valence-electron chi connectivity index (χ1n) is 7.06. The largest absolute Gasteiger partial charge is 0.506 e. The Bertz CT molecular complexity index is 935. The summed E-state index contributed by atoms with van der Waals surface area (Å²) in [5.41, 5.74) is 3.00. The van der Waals surface area contributed by atoms with Crippen molar-refractivity contribution in [2.24, 2.45) is 5.10 Å². The average molecular weight is 359 g/mol. The van der Waals surface area contributed by atoms with Gasteiger partial charge in [0.2, 0.25) is 0 Å². The van der Waals surface area contributed by atoms with Gasteiger partial charge in [-0.2, -0.15) is 5.10 Å². The van der Waals surface area contributed by atoms with Crippen molar-refractivity contribution in [2.75, 3.05) is 0 Å². The minimum absolute atomic E-state index is 0.0865. The van der Waals surface area contributed by atoms with Gasteiger partial charge in [0.25, 0.3) is 5.91 Å². The molecule has 0 saturated heterocycles. The number of carbonyl (C=O) groups is 1. The minimum Gasteiger partial charge on any atom is -0.506 e. The first-order valence-corrected chi connectivity index (χ1v) is 7.81. The van der Waals surface area contributed by atoms with Crippen LogP contribution < -0.4 is 5.43 Å². The summed E-state index contributed by atoms with van der Waals surface area (Å²) in [4.78, 5) is 12.2. The number of hydrogen-bond acceptors (Lipinski definition) is 3. The number of carbonyl (C=O) groups excluding carboxylic acids is 1. The number of nitrogens with zero attached hydrogens (tertiary/aromatic N) is 1. The molecule has 0 aliphatic heterocycles. The maximum Gasteiger partial charge on any atom is 0.275 e. The number of hydrazone groups is 1. The van der Waals surface area contributed by atoms with Crippen LogP contribution in [-0.4, -0.2) is 17.2 Å². The zero-order chi connectivity index (χ0) is 17.1. The Morgan fingerprint density at radius 2 is 1.71 bits per heavy atom. The van der Waals surface area contributed by atoms with Crippen molar-refractivity contribution < 1.29 is 9.90 Å². The molecule has 0 aliphatic carbocycles.